The lowest BCUT2D eigenvalue weighted by Crippen LogP contribution is -2.32. The molecule has 1 rings (SSSR count). The molecule has 0 aliphatic rings. The summed E-state index contributed by atoms with van der Waals surface area (Å²) in [6, 6.07) is 5.19. The van der Waals surface area contributed by atoms with Gasteiger partial charge >= 0.3 is 0 Å². The zero-order chi connectivity index (χ0) is 12.8. The summed E-state index contributed by atoms with van der Waals surface area (Å²) in [5, 5.41) is 0.610. The summed E-state index contributed by atoms with van der Waals surface area (Å²) in [6.45, 7) is 6.99. The maximum absolute atomic E-state index is 12.3. The summed E-state index contributed by atoms with van der Waals surface area (Å²) in [6.07, 6.45) is 2.65. The maximum Gasteiger partial charge on any atom is 0.255 e. The summed E-state index contributed by atoms with van der Waals surface area (Å²) >= 11 is 9.21. The van der Waals surface area contributed by atoms with Crippen LogP contribution in [0.5, 0.6) is 0 Å². The Hall–Kier alpha value is -0.800. The minimum absolute atomic E-state index is 0.00436. The van der Waals surface area contributed by atoms with E-state index < -0.39 is 0 Å². The van der Waals surface area contributed by atoms with Crippen molar-refractivity contribution in [1.29, 1.82) is 0 Å². The van der Waals surface area contributed by atoms with E-state index in [1.807, 2.05) is 6.92 Å². The largest absolute Gasteiger partial charge is 0.335 e. The highest BCUT2D eigenvalue weighted by Gasteiger charge is 2.16. The van der Waals surface area contributed by atoms with Gasteiger partial charge in [-0.25, -0.2) is 0 Å². The second kappa shape index (κ2) is 6.82. The summed E-state index contributed by atoms with van der Waals surface area (Å²) < 4.78 is 0.722. The molecule has 0 fully saturated rings. The van der Waals surface area contributed by atoms with E-state index in [1.54, 1.807) is 29.2 Å². The van der Waals surface area contributed by atoms with Crippen molar-refractivity contribution in [3.63, 3.8) is 0 Å². The third-order valence-electron chi connectivity index (χ3n) is 2.29. The molecule has 0 saturated carbocycles. The van der Waals surface area contributed by atoms with E-state index in [0.717, 1.165) is 17.4 Å². The van der Waals surface area contributed by atoms with Crippen molar-refractivity contribution < 1.29 is 4.79 Å². The van der Waals surface area contributed by atoms with Crippen molar-refractivity contribution in [3.05, 3.63) is 45.9 Å². The fourth-order valence-electron chi connectivity index (χ4n) is 1.53. The molecule has 1 aromatic carbocycles. The van der Waals surface area contributed by atoms with Crippen molar-refractivity contribution in [2.45, 2.75) is 13.3 Å². The molecular formula is C13H15BrClNO. The van der Waals surface area contributed by atoms with E-state index >= 15 is 0 Å². The van der Waals surface area contributed by atoms with Crippen molar-refractivity contribution >= 4 is 33.4 Å². The molecule has 0 saturated heterocycles. The number of nitrogens with zero attached hydrogens (tertiary/aromatic N) is 1. The van der Waals surface area contributed by atoms with Crippen LogP contribution in [0.3, 0.4) is 0 Å². The average Bonchev–Trinajstić information content (AvgIpc) is 2.28. The zero-order valence-corrected chi connectivity index (χ0v) is 12.1. The van der Waals surface area contributed by atoms with E-state index in [9.17, 15) is 4.79 Å². The van der Waals surface area contributed by atoms with Gasteiger partial charge in [-0.15, -0.1) is 6.58 Å². The minimum Gasteiger partial charge on any atom is -0.335 e. The van der Waals surface area contributed by atoms with Crippen LogP contribution < -0.4 is 0 Å². The third kappa shape index (κ3) is 3.86. The molecule has 0 radical (unpaired) electrons. The molecule has 2 nitrogen and oxygen atoms in total. The molecule has 0 aliphatic carbocycles. The van der Waals surface area contributed by atoms with Gasteiger partial charge in [0.05, 0.1) is 5.56 Å². The molecule has 0 heterocycles. The molecule has 0 spiro atoms. The molecule has 1 aromatic rings. The fraction of sp³-hybridized carbons (Fsp3) is 0.308. The molecule has 1 amide bonds. The summed E-state index contributed by atoms with van der Waals surface area (Å²) in [4.78, 5) is 14.0. The van der Waals surface area contributed by atoms with Gasteiger partial charge < -0.3 is 4.90 Å². The second-order valence-electron chi connectivity index (χ2n) is 3.66. The number of halogens is 2. The molecule has 4 heteroatoms. The number of carbonyl (C=O) groups is 1. The van der Waals surface area contributed by atoms with Gasteiger partial charge in [-0.05, 0) is 40.5 Å². The van der Waals surface area contributed by atoms with Crippen LogP contribution in [0.15, 0.2) is 35.3 Å². The quantitative estimate of drug-likeness (QED) is 0.748. The Labute approximate surface area is 115 Å². The predicted molar refractivity (Wildman–Crippen MR) is 75.5 cm³/mol. The topological polar surface area (TPSA) is 20.3 Å². The number of rotatable bonds is 5. The van der Waals surface area contributed by atoms with Crippen LogP contribution in [0.4, 0.5) is 0 Å². The Kier molecular flexibility index (Phi) is 5.72. The van der Waals surface area contributed by atoms with Gasteiger partial charge in [0.2, 0.25) is 0 Å². The molecule has 0 unspecified atom stereocenters. The fourth-order valence-corrected chi connectivity index (χ4v) is 2.39. The monoisotopic (exact) mass is 315 g/mol. The molecule has 17 heavy (non-hydrogen) atoms. The van der Waals surface area contributed by atoms with Crippen LogP contribution in [0.1, 0.15) is 23.7 Å². The van der Waals surface area contributed by atoms with E-state index in [0.29, 0.717) is 17.1 Å². The standard InChI is InChI=1S/C13H15BrClNO/c1-3-7-16(8-4-2)13(17)11-6-5-10(15)9-12(11)14/h3,5-6,9H,1,4,7-8H2,2H3. The number of hydrogen-bond acceptors (Lipinski definition) is 1. The first-order valence-corrected chi connectivity index (χ1v) is 6.62. The first kappa shape index (κ1) is 14.3. The lowest BCUT2D eigenvalue weighted by Gasteiger charge is -2.21. The molecule has 0 aromatic heterocycles. The van der Waals surface area contributed by atoms with Crippen LogP contribution in [0, 0.1) is 0 Å². The lowest BCUT2D eigenvalue weighted by atomic mass is 10.2. The van der Waals surface area contributed by atoms with E-state index in [1.165, 1.54) is 0 Å². The lowest BCUT2D eigenvalue weighted by molar-refractivity contribution is 0.0773. The van der Waals surface area contributed by atoms with E-state index in [4.69, 9.17) is 11.6 Å². The van der Waals surface area contributed by atoms with Crippen LogP contribution in [0.2, 0.25) is 5.02 Å². The first-order chi connectivity index (χ1) is 8.10. The predicted octanol–water partition coefficient (Wildman–Crippen LogP) is 4.14. The number of amides is 1. The van der Waals surface area contributed by atoms with Crippen LogP contribution in [-0.2, 0) is 0 Å². The zero-order valence-electron chi connectivity index (χ0n) is 9.75. The molecule has 0 bridgehead atoms. The maximum atomic E-state index is 12.3. The smallest absolute Gasteiger partial charge is 0.255 e. The second-order valence-corrected chi connectivity index (χ2v) is 4.95. The number of benzene rings is 1. The molecule has 0 atom stereocenters. The van der Waals surface area contributed by atoms with Crippen LogP contribution >= 0.6 is 27.5 Å². The van der Waals surface area contributed by atoms with Gasteiger partial charge in [-0.3, -0.25) is 4.79 Å². The highest BCUT2D eigenvalue weighted by Crippen LogP contribution is 2.22. The highest BCUT2D eigenvalue weighted by molar-refractivity contribution is 9.10. The van der Waals surface area contributed by atoms with Gasteiger partial charge in [-0.1, -0.05) is 24.6 Å². The van der Waals surface area contributed by atoms with Crippen LogP contribution in [-0.4, -0.2) is 23.9 Å². The number of hydrogen-bond donors (Lipinski definition) is 0. The van der Waals surface area contributed by atoms with Gasteiger partial charge in [0.25, 0.3) is 5.91 Å². The van der Waals surface area contributed by atoms with Gasteiger partial charge in [-0.2, -0.15) is 0 Å². The Bertz CT molecular complexity index is 420. The Morgan fingerprint density at radius 3 is 2.82 bits per heavy atom. The van der Waals surface area contributed by atoms with E-state index in [-0.39, 0.29) is 5.91 Å². The highest BCUT2D eigenvalue weighted by atomic mass is 79.9. The molecule has 0 N–H and O–H groups in total. The summed E-state index contributed by atoms with van der Waals surface area (Å²) in [5.74, 6) is -0.00436. The first-order valence-electron chi connectivity index (χ1n) is 5.45. The SMILES string of the molecule is C=CCN(CCC)C(=O)c1ccc(Cl)cc1Br. The molecular weight excluding hydrogens is 302 g/mol. The molecule has 0 aliphatic heterocycles. The Morgan fingerprint density at radius 1 is 1.59 bits per heavy atom. The van der Waals surface area contributed by atoms with Crippen molar-refractivity contribution in [1.82, 2.24) is 4.90 Å². The minimum atomic E-state index is -0.00436. The Balaban J connectivity index is 2.96. The normalized spacial score (nSPS) is 10.1. The van der Waals surface area contributed by atoms with Gasteiger partial charge in [0, 0.05) is 22.6 Å². The third-order valence-corrected chi connectivity index (χ3v) is 3.18. The Morgan fingerprint density at radius 2 is 2.29 bits per heavy atom. The number of carbonyl (C=O) groups excluding carboxylic acids is 1. The average molecular weight is 317 g/mol. The summed E-state index contributed by atoms with van der Waals surface area (Å²) in [7, 11) is 0. The van der Waals surface area contributed by atoms with E-state index in [2.05, 4.69) is 22.5 Å². The van der Waals surface area contributed by atoms with Crippen molar-refractivity contribution in [2.75, 3.05) is 13.1 Å². The van der Waals surface area contributed by atoms with Crippen molar-refractivity contribution in [2.24, 2.45) is 0 Å². The molecule has 92 valence electrons. The summed E-state index contributed by atoms with van der Waals surface area (Å²) in [5.41, 5.74) is 0.629. The van der Waals surface area contributed by atoms with Crippen molar-refractivity contribution in [3.8, 4) is 0 Å². The van der Waals surface area contributed by atoms with Crippen LogP contribution in [0.25, 0.3) is 0 Å². The van der Waals surface area contributed by atoms with Gasteiger partial charge in [0.15, 0.2) is 0 Å². The van der Waals surface area contributed by atoms with Gasteiger partial charge in [0.1, 0.15) is 0 Å².